The zero-order valence-corrected chi connectivity index (χ0v) is 25.4. The minimum absolute atomic E-state index is 0.00859. The molecule has 43 heavy (non-hydrogen) atoms. The molecule has 2 fully saturated rings. The summed E-state index contributed by atoms with van der Waals surface area (Å²) < 4.78 is 40.5. The third-order valence-corrected chi connectivity index (χ3v) is 10.4. The monoisotopic (exact) mass is 623 g/mol. The van der Waals surface area contributed by atoms with E-state index in [1.54, 1.807) is 36.3 Å². The molecule has 1 saturated carbocycles. The van der Waals surface area contributed by atoms with Gasteiger partial charge in [0.15, 0.2) is 0 Å². The molecule has 2 atom stereocenters. The first-order valence-electron chi connectivity index (χ1n) is 14.5. The van der Waals surface area contributed by atoms with Crippen molar-refractivity contribution in [3.63, 3.8) is 0 Å². The molecule has 11 heteroatoms. The van der Waals surface area contributed by atoms with Crippen LogP contribution in [-0.2, 0) is 32.6 Å². The van der Waals surface area contributed by atoms with Gasteiger partial charge in [0.25, 0.3) is 0 Å². The van der Waals surface area contributed by atoms with Crippen molar-refractivity contribution in [1.29, 1.82) is 0 Å². The number of rotatable bonds is 7. The molecule has 2 amide bonds. The Morgan fingerprint density at radius 1 is 1.02 bits per heavy atom. The molecule has 0 aromatic heterocycles. The largest absolute Gasteiger partial charge is 0.497 e. The van der Waals surface area contributed by atoms with Crippen molar-refractivity contribution in [3.8, 4) is 11.5 Å². The zero-order chi connectivity index (χ0) is 30.1. The van der Waals surface area contributed by atoms with Gasteiger partial charge in [0.2, 0.25) is 21.8 Å². The van der Waals surface area contributed by atoms with E-state index < -0.39 is 10.0 Å². The Hall–Kier alpha value is -3.60. The lowest BCUT2D eigenvalue weighted by Gasteiger charge is -2.39. The van der Waals surface area contributed by atoms with Crippen molar-refractivity contribution < 1.29 is 27.5 Å². The van der Waals surface area contributed by atoms with E-state index in [-0.39, 0.29) is 54.2 Å². The number of hydrogen-bond donors (Lipinski definition) is 1. The van der Waals surface area contributed by atoms with Crippen LogP contribution in [0.15, 0.2) is 71.6 Å². The minimum Gasteiger partial charge on any atom is -0.497 e. The topological polar surface area (TPSA) is 105 Å². The van der Waals surface area contributed by atoms with E-state index in [9.17, 15) is 18.0 Å². The summed E-state index contributed by atoms with van der Waals surface area (Å²) in [4.78, 5) is 28.3. The van der Waals surface area contributed by atoms with Crippen LogP contribution in [-0.4, -0.2) is 62.3 Å². The van der Waals surface area contributed by atoms with Gasteiger partial charge in [-0.25, -0.2) is 8.42 Å². The van der Waals surface area contributed by atoms with Crippen molar-refractivity contribution in [1.82, 2.24) is 9.21 Å². The van der Waals surface area contributed by atoms with Crippen LogP contribution < -0.4 is 14.8 Å². The number of nitrogens with zero attached hydrogens (tertiary/aromatic N) is 2. The number of anilines is 1. The van der Waals surface area contributed by atoms with E-state index in [1.807, 2.05) is 30.3 Å². The van der Waals surface area contributed by atoms with Crippen molar-refractivity contribution in [2.45, 2.75) is 43.2 Å². The predicted molar refractivity (Wildman–Crippen MR) is 163 cm³/mol. The van der Waals surface area contributed by atoms with Crippen LogP contribution in [0.25, 0.3) is 0 Å². The van der Waals surface area contributed by atoms with Crippen molar-refractivity contribution in [2.24, 2.45) is 11.8 Å². The molecule has 2 heterocycles. The number of methoxy groups -OCH3 is 1. The van der Waals surface area contributed by atoms with Gasteiger partial charge in [0.05, 0.1) is 18.4 Å². The number of nitrogens with one attached hydrogen (secondary N) is 1. The number of halogens is 1. The van der Waals surface area contributed by atoms with Gasteiger partial charge < -0.3 is 19.7 Å². The molecule has 0 radical (unpaired) electrons. The molecule has 0 spiro atoms. The first kappa shape index (κ1) is 29.5. The summed E-state index contributed by atoms with van der Waals surface area (Å²) in [6.07, 6.45) is 2.03. The molecule has 1 saturated heterocycles. The Morgan fingerprint density at radius 3 is 2.47 bits per heavy atom. The van der Waals surface area contributed by atoms with Gasteiger partial charge in [0.1, 0.15) is 17.6 Å². The highest BCUT2D eigenvalue weighted by Gasteiger charge is 2.39. The van der Waals surface area contributed by atoms with E-state index >= 15 is 0 Å². The number of piperidine rings is 1. The molecule has 3 aromatic carbocycles. The minimum atomic E-state index is -3.78. The van der Waals surface area contributed by atoms with Gasteiger partial charge >= 0.3 is 0 Å². The highest BCUT2D eigenvalue weighted by molar-refractivity contribution is 7.89. The molecule has 3 aliphatic rings. The maximum atomic E-state index is 13.9. The van der Waals surface area contributed by atoms with Gasteiger partial charge in [-0.1, -0.05) is 23.7 Å². The maximum absolute atomic E-state index is 13.9. The Labute approximate surface area is 256 Å². The average molecular weight is 624 g/mol. The molecule has 226 valence electrons. The highest BCUT2D eigenvalue weighted by atomic mass is 35.5. The normalized spacial score (nSPS) is 21.0. The van der Waals surface area contributed by atoms with E-state index in [4.69, 9.17) is 21.1 Å². The molecule has 6 rings (SSSR count). The number of carbonyl (C=O) groups is 2. The Bertz CT molecular complexity index is 1610. The first-order chi connectivity index (χ1) is 20.7. The summed E-state index contributed by atoms with van der Waals surface area (Å²) in [6, 6.07) is 19.1. The molecular formula is C32H34ClN3O6S. The van der Waals surface area contributed by atoms with E-state index in [0.717, 1.165) is 24.2 Å². The van der Waals surface area contributed by atoms with Crippen molar-refractivity contribution >= 4 is 39.1 Å². The molecule has 3 aromatic rings. The molecule has 1 aliphatic carbocycles. The van der Waals surface area contributed by atoms with Gasteiger partial charge in [-0.2, -0.15) is 4.31 Å². The molecule has 1 N–H and O–H groups in total. The second kappa shape index (κ2) is 12.2. The van der Waals surface area contributed by atoms with Gasteiger partial charge in [0, 0.05) is 54.3 Å². The number of carbonyl (C=O) groups excluding carboxylic acids is 2. The molecule has 0 bridgehead atoms. The number of benzene rings is 3. The lowest BCUT2D eigenvalue weighted by atomic mass is 9.95. The van der Waals surface area contributed by atoms with Gasteiger partial charge in [-0.05, 0) is 79.4 Å². The fraction of sp³-hybridized carbons (Fsp3) is 0.375. The number of hydrogen-bond acceptors (Lipinski definition) is 6. The second-order valence-electron chi connectivity index (χ2n) is 11.4. The van der Waals surface area contributed by atoms with Crippen LogP contribution in [0.4, 0.5) is 5.69 Å². The summed E-state index contributed by atoms with van der Waals surface area (Å²) in [6.45, 7) is 1.15. The fourth-order valence-electron chi connectivity index (χ4n) is 5.71. The number of amides is 2. The van der Waals surface area contributed by atoms with E-state index in [2.05, 4.69) is 5.32 Å². The molecule has 9 nitrogen and oxygen atoms in total. The summed E-state index contributed by atoms with van der Waals surface area (Å²) in [7, 11) is -2.17. The van der Waals surface area contributed by atoms with Gasteiger partial charge in [-0.3, -0.25) is 9.59 Å². The van der Waals surface area contributed by atoms with Crippen molar-refractivity contribution in [3.05, 3.63) is 82.9 Å². The SMILES string of the molecule is COc1ccc(CN2C[C@@H]3CN(S(=O)(=O)c4ccc(Cl)cc4)CC[C@@H]3Oc3ccc(NC(=O)C4CC4)cc3CC2=O)cc1. The third kappa shape index (κ3) is 6.66. The Morgan fingerprint density at radius 2 is 1.77 bits per heavy atom. The highest BCUT2D eigenvalue weighted by Crippen LogP contribution is 2.35. The smallest absolute Gasteiger partial charge is 0.243 e. The lowest BCUT2D eigenvalue weighted by molar-refractivity contribution is -0.132. The average Bonchev–Trinajstić information content (AvgIpc) is 3.85. The first-order valence-corrected chi connectivity index (χ1v) is 16.3. The van der Waals surface area contributed by atoms with Crippen molar-refractivity contribution in [2.75, 3.05) is 32.1 Å². The molecular weight excluding hydrogens is 590 g/mol. The van der Waals surface area contributed by atoms with E-state index in [0.29, 0.717) is 41.5 Å². The quantitative estimate of drug-likeness (QED) is 0.408. The number of ether oxygens (including phenoxy) is 2. The number of sulfonamides is 1. The standard InChI is InChI=1S/C32H34ClN3O6S/c1-41-27-9-2-21(3-10-27)18-35-19-24-20-36(43(39,40)28-11-6-25(33)7-12-28)15-14-30(24)42-29-13-8-26(16-23(29)17-31(35)37)34-32(38)22-4-5-22/h2-3,6-13,16,22,24,30H,4-5,14-15,17-20H2,1H3,(H,34,38)/t24-,30+/m1/s1. The summed E-state index contributed by atoms with van der Waals surface area (Å²) >= 11 is 6.00. The Balaban J connectivity index is 1.30. The lowest BCUT2D eigenvalue weighted by Crippen LogP contribution is -2.51. The summed E-state index contributed by atoms with van der Waals surface area (Å²) in [5, 5.41) is 3.43. The Kier molecular flexibility index (Phi) is 8.35. The maximum Gasteiger partial charge on any atom is 0.243 e. The van der Waals surface area contributed by atoms with Crippen LogP contribution in [0.3, 0.4) is 0 Å². The summed E-state index contributed by atoms with van der Waals surface area (Å²) in [5.41, 5.74) is 2.25. The fourth-order valence-corrected chi connectivity index (χ4v) is 7.35. The number of fused-ring (bicyclic) bond motifs is 2. The van der Waals surface area contributed by atoms with Gasteiger partial charge in [-0.15, -0.1) is 0 Å². The van der Waals surface area contributed by atoms with Crippen LogP contribution in [0.2, 0.25) is 5.02 Å². The molecule has 2 aliphatic heterocycles. The zero-order valence-electron chi connectivity index (χ0n) is 23.9. The molecule has 0 unspecified atom stereocenters. The van der Waals surface area contributed by atoms with Crippen LogP contribution >= 0.6 is 11.6 Å². The van der Waals surface area contributed by atoms with Crippen LogP contribution in [0, 0.1) is 11.8 Å². The van der Waals surface area contributed by atoms with Crippen LogP contribution in [0.1, 0.15) is 30.4 Å². The second-order valence-corrected chi connectivity index (χ2v) is 13.8. The summed E-state index contributed by atoms with van der Waals surface area (Å²) in [5.74, 6) is 0.956. The predicted octanol–water partition coefficient (Wildman–Crippen LogP) is 4.74. The third-order valence-electron chi connectivity index (χ3n) is 8.31. The van der Waals surface area contributed by atoms with Crippen LogP contribution in [0.5, 0.6) is 11.5 Å². The van der Waals surface area contributed by atoms with E-state index in [1.165, 1.54) is 16.4 Å².